The van der Waals surface area contributed by atoms with E-state index in [0.717, 1.165) is 12.2 Å². The van der Waals surface area contributed by atoms with E-state index in [4.69, 9.17) is 21.1 Å². The minimum absolute atomic E-state index is 0.0703. The van der Waals surface area contributed by atoms with Crippen LogP contribution >= 0.6 is 11.6 Å². The Morgan fingerprint density at radius 2 is 1.85 bits per heavy atom. The Morgan fingerprint density at radius 1 is 1.15 bits per heavy atom. The van der Waals surface area contributed by atoms with Gasteiger partial charge in [-0.25, -0.2) is 0 Å². The fourth-order valence-corrected chi connectivity index (χ4v) is 2.92. The molecule has 0 bridgehead atoms. The lowest BCUT2D eigenvalue weighted by molar-refractivity contribution is -0.116. The lowest BCUT2D eigenvalue weighted by atomic mass is 10.1. The van der Waals surface area contributed by atoms with Gasteiger partial charge in [-0.2, -0.15) is 0 Å². The molecule has 1 N–H and O–H groups in total. The van der Waals surface area contributed by atoms with E-state index in [1.54, 1.807) is 32.4 Å². The third-order valence-corrected chi connectivity index (χ3v) is 4.80. The van der Waals surface area contributed by atoms with Crippen LogP contribution in [-0.4, -0.2) is 44.7 Å². The number of carbonyl (C=O) groups excluding carboxylic acids is 1. The summed E-state index contributed by atoms with van der Waals surface area (Å²) in [6.07, 6.45) is 1.29. The van der Waals surface area contributed by atoms with Gasteiger partial charge in [0.15, 0.2) is 0 Å². The van der Waals surface area contributed by atoms with Crippen molar-refractivity contribution in [2.75, 3.05) is 33.1 Å². The Bertz CT molecular complexity index is 750. The summed E-state index contributed by atoms with van der Waals surface area (Å²) in [4.78, 5) is 14.5. The average Bonchev–Trinajstić information content (AvgIpc) is 2.66. The van der Waals surface area contributed by atoms with Crippen molar-refractivity contribution in [3.8, 4) is 11.5 Å². The molecule has 1 amide bonds. The Morgan fingerprint density at radius 3 is 2.48 bits per heavy atom. The molecule has 0 spiro atoms. The van der Waals surface area contributed by atoms with Gasteiger partial charge in [0, 0.05) is 24.0 Å². The monoisotopic (exact) mass is 390 g/mol. The smallest absolute Gasteiger partial charge is 0.225 e. The molecule has 1 unspecified atom stereocenters. The summed E-state index contributed by atoms with van der Waals surface area (Å²) < 4.78 is 10.4. The van der Waals surface area contributed by atoms with Gasteiger partial charge < -0.3 is 19.7 Å². The number of ether oxygens (including phenoxy) is 2. The molecule has 0 saturated carbocycles. The van der Waals surface area contributed by atoms with Crippen molar-refractivity contribution >= 4 is 23.2 Å². The maximum absolute atomic E-state index is 12.3. The number of halogens is 1. The lowest BCUT2D eigenvalue weighted by Crippen LogP contribution is -2.33. The molecule has 6 heteroatoms. The van der Waals surface area contributed by atoms with Gasteiger partial charge in [-0.1, -0.05) is 23.7 Å². The van der Waals surface area contributed by atoms with Crippen LogP contribution in [0.15, 0.2) is 42.5 Å². The number of hydrogen-bond donors (Lipinski definition) is 1. The van der Waals surface area contributed by atoms with Crippen molar-refractivity contribution in [1.82, 2.24) is 4.90 Å². The van der Waals surface area contributed by atoms with Crippen molar-refractivity contribution in [2.24, 2.45) is 0 Å². The molecule has 0 aliphatic heterocycles. The molecule has 0 aliphatic carbocycles. The number of methoxy groups -OCH3 is 2. The van der Waals surface area contributed by atoms with Crippen LogP contribution in [0.25, 0.3) is 0 Å². The summed E-state index contributed by atoms with van der Waals surface area (Å²) in [6, 6.07) is 13.5. The first-order valence-electron chi connectivity index (χ1n) is 8.89. The summed E-state index contributed by atoms with van der Waals surface area (Å²) in [5.74, 6) is 1.38. The summed E-state index contributed by atoms with van der Waals surface area (Å²) in [7, 11) is 5.25. The predicted molar refractivity (Wildman–Crippen MR) is 110 cm³/mol. The molecular weight excluding hydrogens is 364 g/mol. The van der Waals surface area contributed by atoms with Crippen LogP contribution in [-0.2, 0) is 11.2 Å². The zero-order chi connectivity index (χ0) is 19.8. The van der Waals surface area contributed by atoms with Crippen molar-refractivity contribution < 1.29 is 14.3 Å². The van der Waals surface area contributed by atoms with Gasteiger partial charge in [-0.3, -0.25) is 4.79 Å². The van der Waals surface area contributed by atoms with E-state index in [1.807, 2.05) is 19.2 Å². The maximum Gasteiger partial charge on any atom is 0.225 e. The predicted octanol–water partition coefficient (Wildman–Crippen LogP) is 4.25. The highest BCUT2D eigenvalue weighted by Gasteiger charge is 2.13. The number of rotatable bonds is 9. The SMILES string of the molecule is COc1ccc(CC(C)N(C)CCC(=O)Nc2cc(Cl)ccc2OC)cc1. The number of amides is 1. The molecule has 0 fully saturated rings. The minimum atomic E-state index is -0.0703. The van der Waals surface area contributed by atoms with Gasteiger partial charge in [0.25, 0.3) is 0 Å². The van der Waals surface area contributed by atoms with Crippen LogP contribution in [0.4, 0.5) is 5.69 Å². The van der Waals surface area contributed by atoms with E-state index < -0.39 is 0 Å². The first-order chi connectivity index (χ1) is 12.9. The fraction of sp³-hybridized carbons (Fsp3) is 0.381. The van der Waals surface area contributed by atoms with Crippen LogP contribution in [0.2, 0.25) is 5.02 Å². The minimum Gasteiger partial charge on any atom is -0.497 e. The van der Waals surface area contributed by atoms with E-state index in [0.29, 0.717) is 35.5 Å². The summed E-state index contributed by atoms with van der Waals surface area (Å²) in [5, 5.41) is 3.42. The van der Waals surface area contributed by atoms with Gasteiger partial charge >= 0.3 is 0 Å². The largest absolute Gasteiger partial charge is 0.497 e. The molecule has 0 heterocycles. The second-order valence-corrected chi connectivity index (χ2v) is 6.96. The van der Waals surface area contributed by atoms with Crippen molar-refractivity contribution in [2.45, 2.75) is 25.8 Å². The zero-order valence-corrected chi connectivity index (χ0v) is 17.0. The highest BCUT2D eigenvalue weighted by Crippen LogP contribution is 2.27. The van der Waals surface area contributed by atoms with E-state index in [1.165, 1.54) is 5.56 Å². The third kappa shape index (κ3) is 6.45. The lowest BCUT2D eigenvalue weighted by Gasteiger charge is -2.24. The number of nitrogens with one attached hydrogen (secondary N) is 1. The molecule has 2 aromatic rings. The van der Waals surface area contributed by atoms with E-state index in [2.05, 4.69) is 29.3 Å². The molecule has 27 heavy (non-hydrogen) atoms. The Balaban J connectivity index is 1.84. The number of hydrogen-bond acceptors (Lipinski definition) is 4. The van der Waals surface area contributed by atoms with Crippen molar-refractivity contribution in [1.29, 1.82) is 0 Å². The molecular formula is C21H27ClN2O3. The topological polar surface area (TPSA) is 50.8 Å². The molecule has 0 saturated heterocycles. The Hall–Kier alpha value is -2.24. The number of anilines is 1. The van der Waals surface area contributed by atoms with Crippen molar-refractivity contribution in [3.63, 3.8) is 0 Å². The fourth-order valence-electron chi connectivity index (χ4n) is 2.75. The summed E-state index contributed by atoms with van der Waals surface area (Å²) >= 11 is 6.00. The van der Waals surface area contributed by atoms with E-state index in [-0.39, 0.29) is 5.91 Å². The first-order valence-corrected chi connectivity index (χ1v) is 9.27. The first kappa shape index (κ1) is 21.1. The van der Waals surface area contributed by atoms with Gasteiger partial charge in [-0.05, 0) is 56.3 Å². The quantitative estimate of drug-likeness (QED) is 0.695. The third-order valence-electron chi connectivity index (χ3n) is 4.57. The molecule has 1 atom stereocenters. The molecule has 2 rings (SSSR count). The molecule has 5 nitrogen and oxygen atoms in total. The highest BCUT2D eigenvalue weighted by atomic mass is 35.5. The van der Waals surface area contributed by atoms with Gasteiger partial charge in [0.1, 0.15) is 11.5 Å². The number of benzene rings is 2. The number of likely N-dealkylation sites (N-methyl/N-ethyl adjacent to an activating group) is 1. The standard InChI is InChI=1S/C21H27ClN2O3/c1-15(13-16-5-8-18(26-3)9-6-16)24(2)12-11-21(25)23-19-14-17(22)7-10-20(19)27-4/h5-10,14-15H,11-13H2,1-4H3,(H,23,25). The maximum atomic E-state index is 12.3. The molecule has 0 aromatic heterocycles. The van der Waals surface area contributed by atoms with Crippen LogP contribution in [0.3, 0.4) is 0 Å². The van der Waals surface area contributed by atoms with Crippen LogP contribution < -0.4 is 14.8 Å². The Kier molecular flexibility index (Phi) is 7.95. The molecule has 146 valence electrons. The number of nitrogens with zero attached hydrogens (tertiary/aromatic N) is 1. The second-order valence-electron chi connectivity index (χ2n) is 6.52. The average molecular weight is 391 g/mol. The van der Waals surface area contributed by atoms with Crippen LogP contribution in [0.5, 0.6) is 11.5 Å². The normalized spacial score (nSPS) is 11.9. The van der Waals surface area contributed by atoms with Crippen LogP contribution in [0.1, 0.15) is 18.9 Å². The zero-order valence-electron chi connectivity index (χ0n) is 16.3. The van der Waals surface area contributed by atoms with E-state index in [9.17, 15) is 4.79 Å². The van der Waals surface area contributed by atoms with Gasteiger partial charge in [0.2, 0.25) is 5.91 Å². The Labute approximate surface area is 166 Å². The summed E-state index contributed by atoms with van der Waals surface area (Å²) in [5.41, 5.74) is 1.83. The summed E-state index contributed by atoms with van der Waals surface area (Å²) in [6.45, 7) is 2.81. The van der Waals surface area contributed by atoms with Crippen molar-refractivity contribution in [3.05, 3.63) is 53.1 Å². The number of carbonyl (C=O) groups is 1. The highest BCUT2D eigenvalue weighted by molar-refractivity contribution is 6.31. The molecule has 0 aliphatic rings. The molecule has 0 radical (unpaired) electrons. The second kappa shape index (κ2) is 10.2. The molecule has 2 aromatic carbocycles. The van der Waals surface area contributed by atoms with Crippen LogP contribution in [0, 0.1) is 0 Å². The van der Waals surface area contributed by atoms with E-state index >= 15 is 0 Å². The van der Waals surface area contributed by atoms with Gasteiger partial charge in [0.05, 0.1) is 19.9 Å². The van der Waals surface area contributed by atoms with Gasteiger partial charge in [-0.15, -0.1) is 0 Å².